The molecule has 0 aliphatic carbocycles. The number of amides is 2. The molecule has 0 atom stereocenters. The van der Waals surface area contributed by atoms with Crippen LogP contribution in [0.4, 0.5) is 8.78 Å². The van der Waals surface area contributed by atoms with Crippen molar-refractivity contribution in [3.05, 3.63) is 71.8 Å². The van der Waals surface area contributed by atoms with Crippen molar-refractivity contribution in [2.24, 2.45) is 5.73 Å². The second-order valence-electron chi connectivity index (χ2n) is 7.02. The van der Waals surface area contributed by atoms with Gasteiger partial charge >= 0.3 is 0 Å². The molecule has 1 saturated heterocycles. The Balaban J connectivity index is 0.000000367. The number of nitrogens with two attached hydrogens (primary N) is 1. The SMILES string of the molecule is NC(=O)CCc1cc(-c2ccc(F)cc2)[nH]c1-c1ccc(F)cc1.O=C1CCCN1. The van der Waals surface area contributed by atoms with Gasteiger partial charge < -0.3 is 16.0 Å². The van der Waals surface area contributed by atoms with Gasteiger partial charge in [-0.1, -0.05) is 0 Å². The predicted octanol–water partition coefficient (Wildman–Crippen LogP) is 3.94. The van der Waals surface area contributed by atoms with E-state index in [0.717, 1.165) is 47.5 Å². The molecule has 2 heterocycles. The smallest absolute Gasteiger partial charge is 0.220 e. The Labute approximate surface area is 173 Å². The fraction of sp³-hybridized carbons (Fsp3) is 0.217. The van der Waals surface area contributed by atoms with Crippen molar-refractivity contribution < 1.29 is 18.4 Å². The highest BCUT2D eigenvalue weighted by atomic mass is 19.1. The number of aromatic amines is 1. The third-order valence-electron chi connectivity index (χ3n) is 4.73. The van der Waals surface area contributed by atoms with E-state index < -0.39 is 0 Å². The Morgan fingerprint density at radius 1 is 0.967 bits per heavy atom. The van der Waals surface area contributed by atoms with Gasteiger partial charge in [-0.3, -0.25) is 9.59 Å². The maximum atomic E-state index is 13.2. The van der Waals surface area contributed by atoms with E-state index >= 15 is 0 Å². The second kappa shape index (κ2) is 9.82. The summed E-state index contributed by atoms with van der Waals surface area (Å²) in [6.07, 6.45) is 2.45. The maximum Gasteiger partial charge on any atom is 0.220 e. The van der Waals surface area contributed by atoms with Crippen molar-refractivity contribution in [1.82, 2.24) is 10.3 Å². The van der Waals surface area contributed by atoms with E-state index in [9.17, 15) is 18.4 Å². The molecular formula is C23H23F2N3O2. The molecule has 0 radical (unpaired) electrons. The topological polar surface area (TPSA) is 88.0 Å². The Kier molecular flexibility index (Phi) is 6.95. The number of benzene rings is 2. The molecule has 2 amide bonds. The number of halogens is 2. The molecule has 3 aromatic rings. The van der Waals surface area contributed by atoms with Crippen LogP contribution in [0.1, 0.15) is 24.8 Å². The fourth-order valence-electron chi connectivity index (χ4n) is 3.18. The van der Waals surface area contributed by atoms with Crippen LogP contribution in [0.3, 0.4) is 0 Å². The molecule has 4 rings (SSSR count). The summed E-state index contributed by atoms with van der Waals surface area (Å²) in [6.45, 7) is 0.888. The van der Waals surface area contributed by atoms with Crippen LogP contribution in [-0.4, -0.2) is 23.3 Å². The molecule has 7 heteroatoms. The van der Waals surface area contributed by atoms with E-state index in [2.05, 4.69) is 10.3 Å². The normalized spacial score (nSPS) is 12.8. The molecule has 0 saturated carbocycles. The van der Waals surface area contributed by atoms with Gasteiger partial charge in [0.05, 0.1) is 0 Å². The molecule has 2 aromatic carbocycles. The highest BCUT2D eigenvalue weighted by Gasteiger charge is 2.13. The lowest BCUT2D eigenvalue weighted by Crippen LogP contribution is -2.12. The summed E-state index contributed by atoms with van der Waals surface area (Å²) in [6, 6.07) is 14.1. The number of hydrogen-bond donors (Lipinski definition) is 3. The summed E-state index contributed by atoms with van der Waals surface area (Å²) >= 11 is 0. The highest BCUT2D eigenvalue weighted by molar-refractivity contribution is 5.77. The average Bonchev–Trinajstić information content (AvgIpc) is 3.37. The first-order valence-corrected chi connectivity index (χ1v) is 9.71. The number of carbonyl (C=O) groups excluding carboxylic acids is 2. The minimum atomic E-state index is -0.385. The standard InChI is InChI=1S/C19H16F2N2O.C4H7NO/c20-15-6-1-12(2-7-15)17-11-14(5-10-18(22)24)19(23-17)13-3-8-16(21)9-4-13;6-4-2-1-3-5-4/h1-4,6-9,11,23H,5,10H2,(H2,22,24);1-3H2,(H,5,6). The third kappa shape index (κ3) is 5.76. The molecule has 0 bridgehead atoms. The average molecular weight is 411 g/mol. The highest BCUT2D eigenvalue weighted by Crippen LogP contribution is 2.30. The molecule has 1 aliphatic rings. The van der Waals surface area contributed by atoms with E-state index in [0.29, 0.717) is 6.42 Å². The fourth-order valence-corrected chi connectivity index (χ4v) is 3.18. The number of nitrogens with one attached hydrogen (secondary N) is 2. The summed E-state index contributed by atoms with van der Waals surface area (Å²) in [7, 11) is 0. The Bertz CT molecular complexity index is 1000. The molecule has 0 spiro atoms. The van der Waals surface area contributed by atoms with Crippen molar-refractivity contribution in [2.75, 3.05) is 6.54 Å². The number of aromatic nitrogens is 1. The van der Waals surface area contributed by atoms with Crippen LogP contribution in [0.25, 0.3) is 22.5 Å². The van der Waals surface area contributed by atoms with E-state index in [-0.39, 0.29) is 29.9 Å². The summed E-state index contributed by atoms with van der Waals surface area (Å²) in [5, 5.41) is 2.68. The number of hydrogen-bond acceptors (Lipinski definition) is 2. The molecule has 4 N–H and O–H groups in total. The van der Waals surface area contributed by atoms with Crippen LogP contribution in [-0.2, 0) is 16.0 Å². The molecule has 156 valence electrons. The quantitative estimate of drug-likeness (QED) is 0.594. The first-order chi connectivity index (χ1) is 14.4. The molecule has 1 aliphatic heterocycles. The molecule has 1 aromatic heterocycles. The van der Waals surface area contributed by atoms with Crippen molar-refractivity contribution in [2.45, 2.75) is 25.7 Å². The van der Waals surface area contributed by atoms with Crippen molar-refractivity contribution >= 4 is 11.8 Å². The van der Waals surface area contributed by atoms with Crippen LogP contribution >= 0.6 is 0 Å². The number of H-pyrrole nitrogens is 1. The van der Waals surface area contributed by atoms with Crippen LogP contribution in [0.5, 0.6) is 0 Å². The van der Waals surface area contributed by atoms with Gasteiger partial charge in [-0.2, -0.15) is 0 Å². The van der Waals surface area contributed by atoms with E-state index in [1.165, 1.54) is 24.3 Å². The third-order valence-corrected chi connectivity index (χ3v) is 4.73. The number of aryl methyl sites for hydroxylation is 1. The largest absolute Gasteiger partial charge is 0.370 e. The number of primary amides is 1. The zero-order valence-electron chi connectivity index (χ0n) is 16.4. The van der Waals surface area contributed by atoms with Gasteiger partial charge in [-0.05, 0) is 84.1 Å². The molecule has 0 unspecified atom stereocenters. The first-order valence-electron chi connectivity index (χ1n) is 9.71. The zero-order valence-corrected chi connectivity index (χ0v) is 16.4. The molecule has 5 nitrogen and oxygen atoms in total. The van der Waals surface area contributed by atoms with Gasteiger partial charge in [0.1, 0.15) is 11.6 Å². The minimum absolute atomic E-state index is 0.204. The Morgan fingerprint density at radius 3 is 2.03 bits per heavy atom. The summed E-state index contributed by atoms with van der Waals surface area (Å²) < 4.78 is 26.3. The van der Waals surface area contributed by atoms with Crippen LogP contribution in [0.2, 0.25) is 0 Å². The van der Waals surface area contributed by atoms with E-state index in [4.69, 9.17) is 5.73 Å². The van der Waals surface area contributed by atoms with Gasteiger partial charge in [-0.15, -0.1) is 0 Å². The van der Waals surface area contributed by atoms with Gasteiger partial charge in [0, 0.05) is 30.8 Å². The van der Waals surface area contributed by atoms with Crippen LogP contribution in [0.15, 0.2) is 54.6 Å². The summed E-state index contributed by atoms with van der Waals surface area (Å²) in [5.74, 6) is -0.805. The molecule has 30 heavy (non-hydrogen) atoms. The lowest BCUT2D eigenvalue weighted by molar-refractivity contribution is -0.119. The lowest BCUT2D eigenvalue weighted by atomic mass is 10.0. The second-order valence-corrected chi connectivity index (χ2v) is 7.02. The van der Waals surface area contributed by atoms with Crippen molar-refractivity contribution in [1.29, 1.82) is 0 Å². The van der Waals surface area contributed by atoms with Gasteiger partial charge in [0.25, 0.3) is 0 Å². The van der Waals surface area contributed by atoms with Crippen LogP contribution in [0, 0.1) is 11.6 Å². The van der Waals surface area contributed by atoms with Gasteiger partial charge in [0.15, 0.2) is 0 Å². The molecule has 1 fully saturated rings. The number of rotatable bonds is 5. The van der Waals surface area contributed by atoms with Crippen LogP contribution < -0.4 is 11.1 Å². The van der Waals surface area contributed by atoms with Gasteiger partial charge in [0.2, 0.25) is 11.8 Å². The monoisotopic (exact) mass is 411 g/mol. The predicted molar refractivity (Wildman–Crippen MR) is 111 cm³/mol. The van der Waals surface area contributed by atoms with E-state index in [1.54, 1.807) is 24.3 Å². The van der Waals surface area contributed by atoms with E-state index in [1.807, 2.05) is 6.07 Å². The van der Waals surface area contributed by atoms with Crippen molar-refractivity contribution in [3.8, 4) is 22.5 Å². The summed E-state index contributed by atoms with van der Waals surface area (Å²) in [4.78, 5) is 24.5. The van der Waals surface area contributed by atoms with Gasteiger partial charge in [-0.25, -0.2) is 8.78 Å². The zero-order chi connectivity index (χ0) is 21.5. The van der Waals surface area contributed by atoms with Crippen molar-refractivity contribution in [3.63, 3.8) is 0 Å². The summed E-state index contributed by atoms with van der Waals surface area (Å²) in [5.41, 5.74) is 9.38. The minimum Gasteiger partial charge on any atom is -0.370 e. The first kappa shape index (κ1) is 21.2. The lowest BCUT2D eigenvalue weighted by Gasteiger charge is -2.03. The Morgan fingerprint density at radius 2 is 1.57 bits per heavy atom. The molecular weight excluding hydrogens is 388 g/mol. The number of carbonyl (C=O) groups is 2. The Hall–Kier alpha value is -3.48. The maximum absolute atomic E-state index is 13.2.